The lowest BCUT2D eigenvalue weighted by atomic mass is 9.85. The average molecular weight is 267 g/mol. The number of carbonyl (C=O) groups is 1. The third kappa shape index (κ3) is 3.95. The van der Waals surface area contributed by atoms with Crippen molar-refractivity contribution in [2.24, 2.45) is 5.92 Å². The number of anilines is 1. The van der Waals surface area contributed by atoms with Crippen LogP contribution in [0.25, 0.3) is 0 Å². The molecule has 0 unspecified atom stereocenters. The number of rotatable bonds is 5. The Hall–Kier alpha value is -2.09. The minimum absolute atomic E-state index is 0.0683. The van der Waals surface area contributed by atoms with Crippen LogP contribution in [0.5, 0.6) is 0 Å². The normalized spacial score (nSPS) is 12.2. The lowest BCUT2D eigenvalue weighted by molar-refractivity contribution is -0.116. The monoisotopic (exact) mass is 267 g/mol. The van der Waals surface area contributed by atoms with Gasteiger partial charge in [0.2, 0.25) is 5.91 Å². The SMILES string of the molecule is CC(C)[C@H](CC(=O)Nc1ccccc1)c1ccccc1. The first-order valence-electron chi connectivity index (χ1n) is 7.06. The van der Waals surface area contributed by atoms with Crippen LogP contribution in [0.4, 0.5) is 5.69 Å². The number of carbonyl (C=O) groups excluding carboxylic acids is 1. The summed E-state index contributed by atoms with van der Waals surface area (Å²) in [5, 5.41) is 2.96. The lowest BCUT2D eigenvalue weighted by Gasteiger charge is -2.21. The van der Waals surface area contributed by atoms with E-state index in [4.69, 9.17) is 0 Å². The van der Waals surface area contributed by atoms with E-state index in [1.807, 2.05) is 48.5 Å². The predicted octanol–water partition coefficient (Wildman–Crippen LogP) is 4.46. The summed E-state index contributed by atoms with van der Waals surface area (Å²) in [5.41, 5.74) is 2.08. The summed E-state index contributed by atoms with van der Waals surface area (Å²) in [4.78, 5) is 12.2. The zero-order chi connectivity index (χ0) is 14.4. The Bertz CT molecular complexity index is 534. The molecular weight excluding hydrogens is 246 g/mol. The maximum atomic E-state index is 12.2. The van der Waals surface area contributed by atoms with Crippen LogP contribution >= 0.6 is 0 Å². The van der Waals surface area contributed by atoms with Crippen LogP contribution in [0.1, 0.15) is 31.7 Å². The minimum Gasteiger partial charge on any atom is -0.326 e. The molecule has 20 heavy (non-hydrogen) atoms. The van der Waals surface area contributed by atoms with Crippen molar-refractivity contribution in [2.75, 3.05) is 5.32 Å². The number of hydrogen-bond donors (Lipinski definition) is 1. The van der Waals surface area contributed by atoms with E-state index in [2.05, 4.69) is 31.3 Å². The van der Waals surface area contributed by atoms with Crippen molar-refractivity contribution in [2.45, 2.75) is 26.2 Å². The summed E-state index contributed by atoms with van der Waals surface area (Å²) in [6.45, 7) is 4.32. The molecule has 0 spiro atoms. The highest BCUT2D eigenvalue weighted by molar-refractivity contribution is 5.91. The Labute approximate surface area is 120 Å². The molecule has 1 atom stereocenters. The van der Waals surface area contributed by atoms with Gasteiger partial charge >= 0.3 is 0 Å². The van der Waals surface area contributed by atoms with Gasteiger partial charge in [0, 0.05) is 12.1 Å². The van der Waals surface area contributed by atoms with E-state index in [9.17, 15) is 4.79 Å². The Balaban J connectivity index is 2.04. The van der Waals surface area contributed by atoms with Crippen LogP contribution in [0, 0.1) is 5.92 Å². The highest BCUT2D eigenvalue weighted by Gasteiger charge is 2.19. The van der Waals surface area contributed by atoms with Crippen molar-refractivity contribution in [1.29, 1.82) is 0 Å². The summed E-state index contributed by atoms with van der Waals surface area (Å²) >= 11 is 0. The van der Waals surface area contributed by atoms with Crippen molar-refractivity contribution in [3.63, 3.8) is 0 Å². The first-order valence-corrected chi connectivity index (χ1v) is 7.06. The summed E-state index contributed by atoms with van der Waals surface area (Å²) < 4.78 is 0. The van der Waals surface area contributed by atoms with Crippen LogP contribution in [-0.4, -0.2) is 5.91 Å². The molecular formula is C18H21NO. The smallest absolute Gasteiger partial charge is 0.224 e. The number of hydrogen-bond acceptors (Lipinski definition) is 1. The Morgan fingerprint density at radius 3 is 2.05 bits per heavy atom. The largest absolute Gasteiger partial charge is 0.326 e. The van der Waals surface area contributed by atoms with Gasteiger partial charge in [-0.3, -0.25) is 4.79 Å². The zero-order valence-electron chi connectivity index (χ0n) is 12.0. The highest BCUT2D eigenvalue weighted by Crippen LogP contribution is 2.28. The van der Waals surface area contributed by atoms with Gasteiger partial charge in [0.1, 0.15) is 0 Å². The molecule has 0 radical (unpaired) electrons. The molecule has 1 amide bonds. The van der Waals surface area contributed by atoms with Gasteiger partial charge < -0.3 is 5.32 Å². The van der Waals surface area contributed by atoms with Gasteiger partial charge in [-0.05, 0) is 29.5 Å². The molecule has 104 valence electrons. The number of benzene rings is 2. The van der Waals surface area contributed by atoms with E-state index >= 15 is 0 Å². The van der Waals surface area contributed by atoms with Crippen molar-refractivity contribution in [3.8, 4) is 0 Å². The first kappa shape index (κ1) is 14.3. The fourth-order valence-corrected chi connectivity index (χ4v) is 2.37. The van der Waals surface area contributed by atoms with E-state index in [0.717, 1.165) is 5.69 Å². The molecule has 0 bridgehead atoms. The molecule has 0 aromatic heterocycles. The van der Waals surface area contributed by atoms with Gasteiger partial charge in [0.15, 0.2) is 0 Å². The maximum absolute atomic E-state index is 12.2. The molecule has 0 aliphatic carbocycles. The third-order valence-electron chi connectivity index (χ3n) is 3.50. The molecule has 2 heteroatoms. The molecule has 0 aliphatic heterocycles. The van der Waals surface area contributed by atoms with Gasteiger partial charge in [-0.2, -0.15) is 0 Å². The van der Waals surface area contributed by atoms with Crippen molar-refractivity contribution in [3.05, 3.63) is 66.2 Å². The predicted molar refractivity (Wildman–Crippen MR) is 83.7 cm³/mol. The zero-order valence-corrected chi connectivity index (χ0v) is 12.0. The van der Waals surface area contributed by atoms with Gasteiger partial charge in [0.05, 0.1) is 0 Å². The van der Waals surface area contributed by atoms with E-state index in [1.165, 1.54) is 5.56 Å². The second-order valence-electron chi connectivity index (χ2n) is 5.38. The average Bonchev–Trinajstić information content (AvgIpc) is 2.46. The van der Waals surface area contributed by atoms with Crippen molar-refractivity contribution in [1.82, 2.24) is 0 Å². The Morgan fingerprint density at radius 2 is 1.50 bits per heavy atom. The molecule has 1 N–H and O–H groups in total. The van der Waals surface area contributed by atoms with E-state index in [1.54, 1.807) is 0 Å². The van der Waals surface area contributed by atoms with Gasteiger partial charge in [0.25, 0.3) is 0 Å². The first-order chi connectivity index (χ1) is 9.66. The number of amides is 1. The topological polar surface area (TPSA) is 29.1 Å². The van der Waals surface area contributed by atoms with Crippen LogP contribution in [0.15, 0.2) is 60.7 Å². The van der Waals surface area contributed by atoms with Crippen LogP contribution in [-0.2, 0) is 4.79 Å². The summed E-state index contributed by atoms with van der Waals surface area (Å²) in [5.74, 6) is 0.748. The van der Waals surface area contributed by atoms with E-state index in [0.29, 0.717) is 12.3 Å². The molecule has 2 aromatic carbocycles. The quantitative estimate of drug-likeness (QED) is 0.851. The standard InChI is InChI=1S/C18H21NO/c1-14(2)17(15-9-5-3-6-10-15)13-18(20)19-16-11-7-4-8-12-16/h3-12,14,17H,13H2,1-2H3,(H,19,20)/t17-/m0/s1. The molecule has 0 saturated heterocycles. The fourth-order valence-electron chi connectivity index (χ4n) is 2.37. The van der Waals surface area contributed by atoms with Crippen LogP contribution in [0.3, 0.4) is 0 Å². The number of nitrogens with one attached hydrogen (secondary N) is 1. The van der Waals surface area contributed by atoms with E-state index < -0.39 is 0 Å². The molecule has 0 aliphatic rings. The molecule has 0 saturated carbocycles. The number of para-hydroxylation sites is 1. The minimum atomic E-state index is 0.0683. The fraction of sp³-hybridized carbons (Fsp3) is 0.278. The Kier molecular flexibility index (Phi) is 4.94. The summed E-state index contributed by atoms with van der Waals surface area (Å²) in [7, 11) is 0. The highest BCUT2D eigenvalue weighted by atomic mass is 16.1. The van der Waals surface area contributed by atoms with Crippen molar-refractivity contribution < 1.29 is 4.79 Å². The molecule has 0 fully saturated rings. The van der Waals surface area contributed by atoms with E-state index in [-0.39, 0.29) is 11.8 Å². The molecule has 2 nitrogen and oxygen atoms in total. The van der Waals surface area contributed by atoms with Crippen LogP contribution < -0.4 is 5.32 Å². The molecule has 2 rings (SSSR count). The molecule has 2 aromatic rings. The Morgan fingerprint density at radius 1 is 0.950 bits per heavy atom. The summed E-state index contributed by atoms with van der Waals surface area (Å²) in [6.07, 6.45) is 0.510. The van der Waals surface area contributed by atoms with Crippen LogP contribution in [0.2, 0.25) is 0 Å². The maximum Gasteiger partial charge on any atom is 0.224 e. The summed E-state index contributed by atoms with van der Waals surface area (Å²) in [6, 6.07) is 19.9. The lowest BCUT2D eigenvalue weighted by Crippen LogP contribution is -2.18. The third-order valence-corrected chi connectivity index (χ3v) is 3.50. The van der Waals surface area contributed by atoms with Gasteiger partial charge in [-0.15, -0.1) is 0 Å². The van der Waals surface area contributed by atoms with Crippen molar-refractivity contribution >= 4 is 11.6 Å². The molecule has 0 heterocycles. The van der Waals surface area contributed by atoms with Gasteiger partial charge in [-0.1, -0.05) is 62.4 Å². The second-order valence-corrected chi connectivity index (χ2v) is 5.38. The van der Waals surface area contributed by atoms with Gasteiger partial charge in [-0.25, -0.2) is 0 Å². The second kappa shape index (κ2) is 6.90.